The molecular formula is C10H12ClN3O. The Morgan fingerprint density at radius 2 is 2.40 bits per heavy atom. The van der Waals surface area contributed by atoms with Crippen LogP contribution in [0.25, 0.3) is 11.3 Å². The van der Waals surface area contributed by atoms with E-state index in [0.29, 0.717) is 5.88 Å². The maximum absolute atomic E-state index is 5.82. The maximum Gasteiger partial charge on any atom is 0.106 e. The lowest BCUT2D eigenvalue weighted by Gasteiger charge is -2.03. The van der Waals surface area contributed by atoms with Crippen molar-refractivity contribution in [1.29, 1.82) is 0 Å². The van der Waals surface area contributed by atoms with Crippen LogP contribution in [0.4, 0.5) is 0 Å². The molecule has 0 saturated carbocycles. The minimum Gasteiger partial charge on any atom is -0.472 e. The van der Waals surface area contributed by atoms with Crippen molar-refractivity contribution in [1.82, 2.24) is 15.0 Å². The van der Waals surface area contributed by atoms with E-state index in [1.54, 1.807) is 12.5 Å². The molecule has 0 aliphatic carbocycles. The molecule has 80 valence electrons. The predicted molar refractivity (Wildman–Crippen MR) is 57.6 cm³/mol. The van der Waals surface area contributed by atoms with Gasteiger partial charge in [0.2, 0.25) is 0 Å². The van der Waals surface area contributed by atoms with Gasteiger partial charge in [0, 0.05) is 12.1 Å². The number of furan rings is 1. The zero-order chi connectivity index (χ0) is 10.7. The van der Waals surface area contributed by atoms with E-state index in [2.05, 4.69) is 17.2 Å². The van der Waals surface area contributed by atoms with Gasteiger partial charge in [-0.05, 0) is 12.5 Å². The van der Waals surface area contributed by atoms with E-state index in [1.165, 1.54) is 0 Å². The van der Waals surface area contributed by atoms with Gasteiger partial charge >= 0.3 is 0 Å². The van der Waals surface area contributed by atoms with Gasteiger partial charge in [-0.25, -0.2) is 4.68 Å². The first kappa shape index (κ1) is 10.2. The van der Waals surface area contributed by atoms with Gasteiger partial charge < -0.3 is 4.42 Å². The number of halogens is 1. The molecule has 0 bridgehead atoms. The fourth-order valence-corrected chi connectivity index (χ4v) is 1.70. The Balaban J connectivity index is 2.46. The van der Waals surface area contributed by atoms with Crippen LogP contribution in [-0.4, -0.2) is 15.0 Å². The normalized spacial score (nSPS) is 10.8. The van der Waals surface area contributed by atoms with Gasteiger partial charge in [0.15, 0.2) is 0 Å². The third kappa shape index (κ3) is 1.90. The highest BCUT2D eigenvalue weighted by Crippen LogP contribution is 2.23. The summed E-state index contributed by atoms with van der Waals surface area (Å²) in [7, 11) is 0. The van der Waals surface area contributed by atoms with Crippen LogP contribution >= 0.6 is 11.6 Å². The van der Waals surface area contributed by atoms with Crippen LogP contribution in [0.2, 0.25) is 0 Å². The van der Waals surface area contributed by atoms with Crippen molar-refractivity contribution < 1.29 is 4.42 Å². The monoisotopic (exact) mass is 225 g/mol. The molecule has 0 unspecified atom stereocenters. The lowest BCUT2D eigenvalue weighted by atomic mass is 10.2. The quantitative estimate of drug-likeness (QED) is 0.752. The second-order valence-electron chi connectivity index (χ2n) is 3.25. The van der Waals surface area contributed by atoms with Crippen LogP contribution in [0.3, 0.4) is 0 Å². The fourth-order valence-electron chi connectivity index (χ4n) is 1.52. The topological polar surface area (TPSA) is 43.9 Å². The average Bonchev–Trinajstić information content (AvgIpc) is 2.85. The molecule has 0 aromatic carbocycles. The minimum atomic E-state index is 0.365. The lowest BCUT2D eigenvalue weighted by molar-refractivity contribution is 0.564. The van der Waals surface area contributed by atoms with E-state index < -0.39 is 0 Å². The zero-order valence-corrected chi connectivity index (χ0v) is 9.24. The van der Waals surface area contributed by atoms with Crippen LogP contribution in [0, 0.1) is 0 Å². The van der Waals surface area contributed by atoms with Gasteiger partial charge in [-0.2, -0.15) is 0 Å². The third-order valence-electron chi connectivity index (χ3n) is 2.16. The zero-order valence-electron chi connectivity index (χ0n) is 8.48. The van der Waals surface area contributed by atoms with Crippen molar-refractivity contribution in [2.24, 2.45) is 0 Å². The van der Waals surface area contributed by atoms with Crippen molar-refractivity contribution in [3.8, 4) is 11.3 Å². The second-order valence-corrected chi connectivity index (χ2v) is 3.52. The predicted octanol–water partition coefficient (Wildman–Crippen LogP) is 2.69. The molecule has 0 N–H and O–H groups in total. The van der Waals surface area contributed by atoms with Gasteiger partial charge in [-0.15, -0.1) is 16.7 Å². The van der Waals surface area contributed by atoms with Crippen LogP contribution in [0.1, 0.15) is 19.0 Å². The molecule has 0 aliphatic rings. The molecule has 2 aromatic rings. The Bertz CT molecular complexity index is 422. The first-order valence-corrected chi connectivity index (χ1v) is 5.41. The Labute approximate surface area is 92.8 Å². The highest BCUT2D eigenvalue weighted by atomic mass is 35.5. The summed E-state index contributed by atoms with van der Waals surface area (Å²) in [6.07, 6.45) is 4.33. The van der Waals surface area contributed by atoms with Crippen LogP contribution in [0.5, 0.6) is 0 Å². The van der Waals surface area contributed by atoms with E-state index in [4.69, 9.17) is 16.0 Å². The summed E-state index contributed by atoms with van der Waals surface area (Å²) in [6, 6.07) is 1.89. The van der Waals surface area contributed by atoms with Gasteiger partial charge in [0.25, 0.3) is 0 Å². The number of nitrogens with zero attached hydrogens (tertiary/aromatic N) is 3. The Hall–Kier alpha value is -1.29. The van der Waals surface area contributed by atoms with E-state index in [-0.39, 0.29) is 0 Å². The molecule has 5 heteroatoms. The molecule has 0 saturated heterocycles. The number of rotatable bonds is 4. The summed E-state index contributed by atoms with van der Waals surface area (Å²) in [5, 5.41) is 8.12. The van der Waals surface area contributed by atoms with Crippen molar-refractivity contribution in [3.05, 3.63) is 24.3 Å². The van der Waals surface area contributed by atoms with Gasteiger partial charge in [0.05, 0.1) is 24.1 Å². The summed E-state index contributed by atoms with van der Waals surface area (Å²) in [6.45, 7) is 2.94. The van der Waals surface area contributed by atoms with Crippen LogP contribution in [0.15, 0.2) is 23.0 Å². The summed E-state index contributed by atoms with van der Waals surface area (Å²) in [4.78, 5) is 0. The van der Waals surface area contributed by atoms with Crippen molar-refractivity contribution >= 4 is 11.6 Å². The molecule has 4 nitrogen and oxygen atoms in total. The number of aromatic nitrogens is 3. The summed E-state index contributed by atoms with van der Waals surface area (Å²) in [5.41, 5.74) is 2.73. The molecule has 2 heterocycles. The molecule has 0 atom stereocenters. The van der Waals surface area contributed by atoms with Crippen molar-refractivity contribution in [3.63, 3.8) is 0 Å². The van der Waals surface area contributed by atoms with Crippen LogP contribution < -0.4 is 0 Å². The Morgan fingerprint density at radius 1 is 1.53 bits per heavy atom. The highest BCUT2D eigenvalue weighted by Gasteiger charge is 2.14. The molecular weight excluding hydrogens is 214 g/mol. The Morgan fingerprint density at radius 3 is 3.00 bits per heavy atom. The van der Waals surface area contributed by atoms with Crippen LogP contribution in [-0.2, 0) is 12.4 Å². The fraction of sp³-hybridized carbons (Fsp3) is 0.400. The van der Waals surface area contributed by atoms with Gasteiger partial charge in [-0.3, -0.25) is 0 Å². The molecule has 0 amide bonds. The minimum absolute atomic E-state index is 0.365. The van der Waals surface area contributed by atoms with Crippen molar-refractivity contribution in [2.75, 3.05) is 0 Å². The molecule has 0 radical (unpaired) electrons. The van der Waals surface area contributed by atoms with E-state index in [1.807, 2.05) is 10.7 Å². The van der Waals surface area contributed by atoms with Crippen molar-refractivity contribution in [2.45, 2.75) is 25.8 Å². The van der Waals surface area contributed by atoms with E-state index >= 15 is 0 Å². The molecule has 0 fully saturated rings. The second kappa shape index (κ2) is 4.49. The van der Waals surface area contributed by atoms with E-state index in [9.17, 15) is 0 Å². The first-order chi connectivity index (χ1) is 7.36. The van der Waals surface area contributed by atoms with Gasteiger partial charge in [-0.1, -0.05) is 12.1 Å². The van der Waals surface area contributed by atoms with Gasteiger partial charge in [0.1, 0.15) is 5.69 Å². The summed E-state index contributed by atoms with van der Waals surface area (Å²) in [5.74, 6) is 0.365. The molecule has 2 rings (SSSR count). The number of hydrogen-bond acceptors (Lipinski definition) is 3. The standard InChI is InChI=1S/C10H12ClN3O/c1-2-4-14-10(8-3-5-15-7-8)9(6-11)12-13-14/h3,5,7H,2,4,6H2,1H3. The SMILES string of the molecule is CCCn1nnc(CCl)c1-c1ccoc1. The molecule has 0 aliphatic heterocycles. The smallest absolute Gasteiger partial charge is 0.106 e. The number of aryl methyl sites for hydroxylation is 1. The number of alkyl halides is 1. The summed E-state index contributed by atoms with van der Waals surface area (Å²) < 4.78 is 6.92. The number of hydrogen-bond donors (Lipinski definition) is 0. The molecule has 0 spiro atoms. The third-order valence-corrected chi connectivity index (χ3v) is 2.41. The van der Waals surface area contributed by atoms with E-state index in [0.717, 1.165) is 29.9 Å². The Kier molecular flexibility index (Phi) is 3.06. The maximum atomic E-state index is 5.82. The largest absolute Gasteiger partial charge is 0.472 e. The lowest BCUT2D eigenvalue weighted by Crippen LogP contribution is -2.01. The summed E-state index contributed by atoms with van der Waals surface area (Å²) >= 11 is 5.82. The first-order valence-electron chi connectivity index (χ1n) is 4.87. The molecule has 15 heavy (non-hydrogen) atoms. The average molecular weight is 226 g/mol. The highest BCUT2D eigenvalue weighted by molar-refractivity contribution is 6.17. The molecule has 2 aromatic heterocycles.